The molecule has 1 aromatic heterocycles. The zero-order valence-corrected chi connectivity index (χ0v) is 12.3. The lowest BCUT2D eigenvalue weighted by Gasteiger charge is -2.15. The highest BCUT2D eigenvalue weighted by Gasteiger charge is 2.18. The molecule has 1 N–H and O–H groups in total. The van der Waals surface area contributed by atoms with Crippen LogP contribution in [-0.4, -0.2) is 21.8 Å². The Morgan fingerprint density at radius 3 is 3.00 bits per heavy atom. The first-order valence-electron chi connectivity index (χ1n) is 6.16. The highest BCUT2D eigenvalue weighted by molar-refractivity contribution is 6.30. The Balaban J connectivity index is 2.06. The summed E-state index contributed by atoms with van der Waals surface area (Å²) in [5.74, 6) is 0.454. The number of carbonyl (C=O) groups excluding carboxylic acids is 1. The van der Waals surface area contributed by atoms with Gasteiger partial charge in [0.1, 0.15) is 23.2 Å². The number of carbonyl (C=O) groups is 1. The van der Waals surface area contributed by atoms with Gasteiger partial charge in [0.05, 0.1) is 6.20 Å². The Bertz CT molecular complexity index is 705. The van der Waals surface area contributed by atoms with Crippen molar-refractivity contribution in [1.82, 2.24) is 9.78 Å². The smallest absolute Gasteiger partial charge is 0.266 e. The molecular formula is C14H13ClN4O2. The van der Waals surface area contributed by atoms with Crippen molar-refractivity contribution in [3.05, 3.63) is 41.0 Å². The Kier molecular flexibility index (Phi) is 4.45. The van der Waals surface area contributed by atoms with Gasteiger partial charge in [0.2, 0.25) is 0 Å². The lowest BCUT2D eigenvalue weighted by molar-refractivity contribution is -0.122. The molecule has 0 aliphatic rings. The van der Waals surface area contributed by atoms with E-state index in [0.29, 0.717) is 22.2 Å². The summed E-state index contributed by atoms with van der Waals surface area (Å²) in [5.41, 5.74) is 0.292. The molecule has 0 spiro atoms. The fraction of sp³-hybridized carbons (Fsp3) is 0.214. The van der Waals surface area contributed by atoms with Crippen molar-refractivity contribution in [2.75, 3.05) is 5.32 Å². The second-order valence-electron chi connectivity index (χ2n) is 4.35. The lowest BCUT2D eigenvalue weighted by Crippen LogP contribution is -2.31. The van der Waals surface area contributed by atoms with Gasteiger partial charge in [-0.3, -0.25) is 9.48 Å². The first kappa shape index (κ1) is 14.9. The van der Waals surface area contributed by atoms with Crippen LogP contribution in [0.25, 0.3) is 0 Å². The van der Waals surface area contributed by atoms with E-state index in [0.717, 1.165) is 0 Å². The number of aromatic nitrogens is 2. The largest absolute Gasteiger partial charge is 0.481 e. The standard InChI is InChI=1S/C14H13ClN4O2/c1-9(21-12-5-3-4-11(15)6-12)14(20)18-13-10(7-16)8-17-19(13)2/h3-6,8-9H,1-2H3,(H,18,20). The van der Waals surface area contributed by atoms with E-state index >= 15 is 0 Å². The van der Waals surface area contributed by atoms with Crippen LogP contribution in [0, 0.1) is 11.3 Å². The lowest BCUT2D eigenvalue weighted by atomic mass is 10.3. The molecule has 2 aromatic rings. The number of ether oxygens (including phenoxy) is 1. The number of nitriles is 1. The summed E-state index contributed by atoms with van der Waals surface area (Å²) in [6.45, 7) is 1.61. The predicted molar refractivity (Wildman–Crippen MR) is 78.1 cm³/mol. The number of rotatable bonds is 4. The Morgan fingerprint density at radius 1 is 1.57 bits per heavy atom. The Morgan fingerprint density at radius 2 is 2.33 bits per heavy atom. The number of amides is 1. The van der Waals surface area contributed by atoms with Crippen LogP contribution < -0.4 is 10.1 Å². The highest BCUT2D eigenvalue weighted by Crippen LogP contribution is 2.19. The number of nitrogens with one attached hydrogen (secondary N) is 1. The molecule has 2 rings (SSSR count). The van der Waals surface area contributed by atoms with E-state index in [2.05, 4.69) is 10.4 Å². The molecule has 1 aromatic carbocycles. The third-order valence-corrected chi connectivity index (χ3v) is 3.01. The van der Waals surface area contributed by atoms with Gasteiger partial charge < -0.3 is 10.1 Å². The van der Waals surface area contributed by atoms with Gasteiger partial charge in [-0.15, -0.1) is 0 Å². The summed E-state index contributed by atoms with van der Waals surface area (Å²) in [5, 5.41) is 16.0. The molecule has 0 aliphatic heterocycles. The fourth-order valence-electron chi connectivity index (χ4n) is 1.68. The molecule has 1 amide bonds. The van der Waals surface area contributed by atoms with Gasteiger partial charge in [0.15, 0.2) is 6.10 Å². The average Bonchev–Trinajstić information content (AvgIpc) is 2.79. The quantitative estimate of drug-likeness (QED) is 0.940. The van der Waals surface area contributed by atoms with Crippen LogP contribution >= 0.6 is 11.6 Å². The van der Waals surface area contributed by atoms with E-state index in [-0.39, 0.29) is 5.91 Å². The van der Waals surface area contributed by atoms with Crippen molar-refractivity contribution in [2.24, 2.45) is 7.05 Å². The first-order chi connectivity index (χ1) is 10.0. The van der Waals surface area contributed by atoms with E-state index in [1.54, 1.807) is 38.2 Å². The van der Waals surface area contributed by atoms with Crippen LogP contribution in [0.5, 0.6) is 5.75 Å². The van der Waals surface area contributed by atoms with Gasteiger partial charge in [-0.05, 0) is 25.1 Å². The van der Waals surface area contributed by atoms with E-state index in [1.807, 2.05) is 6.07 Å². The van der Waals surface area contributed by atoms with E-state index < -0.39 is 6.10 Å². The molecule has 0 saturated carbocycles. The maximum atomic E-state index is 12.1. The van der Waals surface area contributed by atoms with Gasteiger partial charge in [-0.1, -0.05) is 17.7 Å². The molecule has 108 valence electrons. The minimum absolute atomic E-state index is 0.292. The van der Waals surface area contributed by atoms with Crippen LogP contribution in [0.1, 0.15) is 12.5 Å². The second kappa shape index (κ2) is 6.29. The minimum Gasteiger partial charge on any atom is -0.481 e. The molecule has 0 saturated heterocycles. The molecule has 0 bridgehead atoms. The number of benzene rings is 1. The number of nitrogens with zero attached hydrogens (tertiary/aromatic N) is 3. The summed E-state index contributed by atoms with van der Waals surface area (Å²) < 4.78 is 6.93. The van der Waals surface area contributed by atoms with Crippen molar-refractivity contribution in [3.63, 3.8) is 0 Å². The molecule has 1 atom stereocenters. The topological polar surface area (TPSA) is 79.9 Å². The number of anilines is 1. The molecular weight excluding hydrogens is 292 g/mol. The zero-order valence-electron chi connectivity index (χ0n) is 11.5. The average molecular weight is 305 g/mol. The number of hydrogen-bond donors (Lipinski definition) is 1. The third kappa shape index (κ3) is 3.52. The van der Waals surface area contributed by atoms with Crippen LogP contribution in [0.15, 0.2) is 30.5 Å². The van der Waals surface area contributed by atoms with Crippen LogP contribution in [0.2, 0.25) is 5.02 Å². The van der Waals surface area contributed by atoms with Crippen LogP contribution in [-0.2, 0) is 11.8 Å². The van der Waals surface area contributed by atoms with Gasteiger partial charge >= 0.3 is 0 Å². The second-order valence-corrected chi connectivity index (χ2v) is 4.79. The summed E-state index contributed by atoms with van der Waals surface area (Å²) in [6.07, 6.45) is 0.642. The van der Waals surface area contributed by atoms with Crippen molar-refractivity contribution in [3.8, 4) is 11.8 Å². The summed E-state index contributed by atoms with van der Waals surface area (Å²) in [6, 6.07) is 8.74. The normalized spacial score (nSPS) is 11.5. The van der Waals surface area contributed by atoms with Crippen molar-refractivity contribution in [2.45, 2.75) is 13.0 Å². The maximum absolute atomic E-state index is 12.1. The van der Waals surface area contributed by atoms with Crippen molar-refractivity contribution < 1.29 is 9.53 Å². The summed E-state index contributed by atoms with van der Waals surface area (Å²) in [4.78, 5) is 12.1. The molecule has 7 heteroatoms. The molecule has 0 aliphatic carbocycles. The third-order valence-electron chi connectivity index (χ3n) is 2.78. The van der Waals surface area contributed by atoms with Gasteiger partial charge in [-0.2, -0.15) is 10.4 Å². The van der Waals surface area contributed by atoms with Gasteiger partial charge in [0.25, 0.3) is 5.91 Å². The molecule has 0 fully saturated rings. The Labute approximate surface area is 126 Å². The van der Waals surface area contributed by atoms with Crippen molar-refractivity contribution in [1.29, 1.82) is 5.26 Å². The monoisotopic (exact) mass is 304 g/mol. The molecule has 6 nitrogen and oxygen atoms in total. The fourth-order valence-corrected chi connectivity index (χ4v) is 1.86. The van der Waals surface area contributed by atoms with Crippen molar-refractivity contribution >= 4 is 23.3 Å². The number of aryl methyl sites for hydroxylation is 1. The minimum atomic E-state index is -0.745. The molecule has 0 radical (unpaired) electrons. The van der Waals surface area contributed by atoms with Gasteiger partial charge in [0, 0.05) is 12.1 Å². The number of halogens is 1. The molecule has 1 unspecified atom stereocenters. The maximum Gasteiger partial charge on any atom is 0.266 e. The van der Waals surface area contributed by atoms with Crippen LogP contribution in [0.4, 0.5) is 5.82 Å². The van der Waals surface area contributed by atoms with Gasteiger partial charge in [-0.25, -0.2) is 0 Å². The first-order valence-corrected chi connectivity index (χ1v) is 6.54. The summed E-state index contributed by atoms with van der Waals surface area (Å²) in [7, 11) is 1.64. The van der Waals surface area contributed by atoms with E-state index in [1.165, 1.54) is 10.9 Å². The highest BCUT2D eigenvalue weighted by atomic mass is 35.5. The molecule has 1 heterocycles. The zero-order chi connectivity index (χ0) is 15.4. The van der Waals surface area contributed by atoms with E-state index in [9.17, 15) is 4.79 Å². The van der Waals surface area contributed by atoms with Crippen LogP contribution in [0.3, 0.4) is 0 Å². The number of hydrogen-bond acceptors (Lipinski definition) is 4. The SMILES string of the molecule is CC(Oc1cccc(Cl)c1)C(=O)Nc1c(C#N)cnn1C. The predicted octanol–water partition coefficient (Wildman–Crippen LogP) is 2.35. The molecule has 21 heavy (non-hydrogen) atoms. The van der Waals surface area contributed by atoms with E-state index in [4.69, 9.17) is 21.6 Å². The summed E-state index contributed by atoms with van der Waals surface area (Å²) >= 11 is 5.86. The Hall–Kier alpha value is -2.52.